The maximum Gasteiger partial charge on any atom is 0.259 e. The van der Waals surface area contributed by atoms with E-state index in [1.807, 2.05) is 19.2 Å². The number of likely N-dealkylation sites (tertiary alicyclic amines) is 1. The van der Waals surface area contributed by atoms with E-state index in [2.05, 4.69) is 20.0 Å². The van der Waals surface area contributed by atoms with Crippen molar-refractivity contribution in [2.24, 2.45) is 0 Å². The number of aryl methyl sites for hydroxylation is 2. The second kappa shape index (κ2) is 6.10. The summed E-state index contributed by atoms with van der Waals surface area (Å²) in [6.45, 7) is 5.50. The molecule has 4 rings (SSSR count). The summed E-state index contributed by atoms with van der Waals surface area (Å²) in [5.41, 5.74) is 1.71. The number of rotatable bonds is 4. The maximum absolute atomic E-state index is 12.3. The van der Waals surface area contributed by atoms with Crippen LogP contribution in [0.15, 0.2) is 20.8 Å². The Kier molecular flexibility index (Phi) is 3.93. The second-order valence-corrected chi connectivity index (χ2v) is 6.95. The lowest BCUT2D eigenvalue weighted by Crippen LogP contribution is -2.25. The van der Waals surface area contributed by atoms with Gasteiger partial charge in [-0.2, -0.15) is 4.98 Å². The quantitative estimate of drug-likeness (QED) is 0.722. The molecule has 1 atom stereocenters. The van der Waals surface area contributed by atoms with Crippen molar-refractivity contribution in [3.8, 4) is 0 Å². The maximum atomic E-state index is 12.3. The van der Waals surface area contributed by atoms with Crippen LogP contribution in [0.25, 0.3) is 4.96 Å². The van der Waals surface area contributed by atoms with Gasteiger partial charge >= 0.3 is 0 Å². The fourth-order valence-electron chi connectivity index (χ4n) is 3.24. The number of aromatic nitrogens is 4. The highest BCUT2D eigenvalue weighted by Crippen LogP contribution is 2.31. The van der Waals surface area contributed by atoms with E-state index < -0.39 is 0 Å². The van der Waals surface area contributed by atoms with Crippen LogP contribution in [0.1, 0.15) is 48.9 Å². The van der Waals surface area contributed by atoms with Gasteiger partial charge in [-0.15, -0.1) is 11.3 Å². The van der Waals surface area contributed by atoms with Crippen LogP contribution in [0.5, 0.6) is 0 Å². The first kappa shape index (κ1) is 15.5. The number of fused-ring (bicyclic) bond motifs is 1. The summed E-state index contributed by atoms with van der Waals surface area (Å²) in [5, 5.41) is 6.08. The molecule has 1 fully saturated rings. The van der Waals surface area contributed by atoms with E-state index in [1.165, 1.54) is 11.3 Å². The van der Waals surface area contributed by atoms with Crippen molar-refractivity contribution in [1.29, 1.82) is 0 Å². The van der Waals surface area contributed by atoms with Gasteiger partial charge in [-0.1, -0.05) is 12.1 Å². The van der Waals surface area contributed by atoms with Gasteiger partial charge in [0.1, 0.15) is 0 Å². The first-order valence-corrected chi connectivity index (χ1v) is 9.07. The van der Waals surface area contributed by atoms with Crippen LogP contribution in [0.4, 0.5) is 0 Å². The molecule has 1 aliphatic rings. The van der Waals surface area contributed by atoms with Gasteiger partial charge in [0, 0.05) is 30.1 Å². The van der Waals surface area contributed by atoms with Crippen molar-refractivity contribution in [3.63, 3.8) is 0 Å². The van der Waals surface area contributed by atoms with Crippen LogP contribution in [-0.4, -0.2) is 31.0 Å². The van der Waals surface area contributed by atoms with Gasteiger partial charge < -0.3 is 4.52 Å². The third kappa shape index (κ3) is 2.65. The first-order chi connectivity index (χ1) is 11.7. The summed E-state index contributed by atoms with van der Waals surface area (Å²) < 4.78 is 6.90. The van der Waals surface area contributed by atoms with Gasteiger partial charge in [-0.25, -0.2) is 4.98 Å². The monoisotopic (exact) mass is 345 g/mol. The van der Waals surface area contributed by atoms with Gasteiger partial charge in [0.05, 0.1) is 11.7 Å². The highest BCUT2D eigenvalue weighted by Gasteiger charge is 2.30. The molecule has 3 aromatic rings. The Hall–Kier alpha value is -2.06. The van der Waals surface area contributed by atoms with Crippen molar-refractivity contribution >= 4 is 16.3 Å². The Balaban J connectivity index is 1.61. The van der Waals surface area contributed by atoms with E-state index in [0.717, 1.165) is 48.0 Å². The Labute approximate surface area is 142 Å². The molecule has 1 saturated heterocycles. The lowest BCUT2D eigenvalue weighted by molar-refractivity contribution is 0.231. The summed E-state index contributed by atoms with van der Waals surface area (Å²) in [5.74, 6) is 1.41. The van der Waals surface area contributed by atoms with Crippen LogP contribution < -0.4 is 5.56 Å². The number of nitrogens with zero attached hydrogens (tertiary/aromatic N) is 5. The van der Waals surface area contributed by atoms with E-state index in [1.54, 1.807) is 10.5 Å². The van der Waals surface area contributed by atoms with Gasteiger partial charge in [0.25, 0.3) is 5.56 Å². The zero-order valence-corrected chi connectivity index (χ0v) is 14.5. The van der Waals surface area contributed by atoms with Crippen LogP contribution >= 0.6 is 11.3 Å². The Morgan fingerprint density at radius 3 is 3.08 bits per heavy atom. The Morgan fingerprint density at radius 2 is 2.29 bits per heavy atom. The molecular formula is C16H19N5O2S. The number of hydrogen-bond acceptors (Lipinski definition) is 7. The molecule has 0 saturated carbocycles. The average Bonchev–Trinajstić information content (AvgIpc) is 3.27. The van der Waals surface area contributed by atoms with E-state index in [4.69, 9.17) is 4.52 Å². The van der Waals surface area contributed by atoms with Crippen molar-refractivity contribution in [3.05, 3.63) is 44.9 Å². The van der Waals surface area contributed by atoms with Crippen LogP contribution in [0, 0.1) is 6.92 Å². The molecule has 0 aromatic carbocycles. The molecule has 3 aromatic heterocycles. The first-order valence-electron chi connectivity index (χ1n) is 8.19. The Morgan fingerprint density at radius 1 is 1.42 bits per heavy atom. The minimum Gasteiger partial charge on any atom is -0.339 e. The van der Waals surface area contributed by atoms with Crippen molar-refractivity contribution < 1.29 is 4.52 Å². The van der Waals surface area contributed by atoms with Crippen molar-refractivity contribution in [2.45, 2.75) is 45.7 Å². The summed E-state index contributed by atoms with van der Waals surface area (Å²) >= 11 is 1.50. The molecule has 7 nitrogen and oxygen atoms in total. The zero-order chi connectivity index (χ0) is 16.7. The van der Waals surface area contributed by atoms with Crippen molar-refractivity contribution in [2.75, 3.05) is 6.54 Å². The molecule has 1 aliphatic heterocycles. The average molecular weight is 345 g/mol. The molecular weight excluding hydrogens is 326 g/mol. The van der Waals surface area contributed by atoms with E-state index in [-0.39, 0.29) is 11.6 Å². The predicted octanol–water partition coefficient (Wildman–Crippen LogP) is 2.35. The summed E-state index contributed by atoms with van der Waals surface area (Å²) in [4.78, 5) is 24.5. The molecule has 1 unspecified atom stereocenters. The Bertz CT molecular complexity index is 928. The standard InChI is InChI=1S/C16H19N5O2S/c1-3-13-18-15(19-23-13)12-5-4-6-20(12)8-11-7-14(22)21-10(2)9-24-16(21)17-11/h7,9,12H,3-6,8H2,1-2H3. The van der Waals surface area contributed by atoms with Gasteiger partial charge in [0.15, 0.2) is 10.8 Å². The molecule has 4 heterocycles. The summed E-state index contributed by atoms with van der Waals surface area (Å²) in [6.07, 6.45) is 2.83. The minimum absolute atomic E-state index is 0.0164. The summed E-state index contributed by atoms with van der Waals surface area (Å²) in [6, 6.07) is 1.77. The zero-order valence-electron chi connectivity index (χ0n) is 13.7. The summed E-state index contributed by atoms with van der Waals surface area (Å²) in [7, 11) is 0. The largest absolute Gasteiger partial charge is 0.339 e. The van der Waals surface area contributed by atoms with Gasteiger partial charge in [0.2, 0.25) is 5.89 Å². The van der Waals surface area contributed by atoms with Crippen LogP contribution in [0.3, 0.4) is 0 Å². The molecule has 0 N–H and O–H groups in total. The third-order valence-corrected chi connectivity index (χ3v) is 5.39. The van der Waals surface area contributed by atoms with Gasteiger partial charge in [-0.05, 0) is 26.3 Å². The molecule has 8 heteroatoms. The fourth-order valence-corrected chi connectivity index (χ4v) is 4.14. The molecule has 126 valence electrons. The molecule has 0 spiro atoms. The normalized spacial score (nSPS) is 18.7. The van der Waals surface area contributed by atoms with Gasteiger partial charge in [-0.3, -0.25) is 14.1 Å². The highest BCUT2D eigenvalue weighted by atomic mass is 32.1. The molecule has 0 bridgehead atoms. The fraction of sp³-hybridized carbons (Fsp3) is 0.500. The van der Waals surface area contributed by atoms with Crippen LogP contribution in [-0.2, 0) is 13.0 Å². The predicted molar refractivity (Wildman–Crippen MR) is 90.1 cm³/mol. The van der Waals surface area contributed by atoms with Crippen LogP contribution in [0.2, 0.25) is 0 Å². The SMILES string of the molecule is CCc1nc(C2CCCN2Cc2cc(=O)n3c(C)csc3n2)no1. The highest BCUT2D eigenvalue weighted by molar-refractivity contribution is 7.15. The lowest BCUT2D eigenvalue weighted by Gasteiger charge is -2.21. The van der Waals surface area contributed by atoms with Crippen molar-refractivity contribution in [1.82, 2.24) is 24.4 Å². The molecule has 0 amide bonds. The molecule has 24 heavy (non-hydrogen) atoms. The number of thiazole rings is 1. The molecule has 0 radical (unpaired) electrons. The topological polar surface area (TPSA) is 76.5 Å². The second-order valence-electron chi connectivity index (χ2n) is 6.11. The third-order valence-electron chi connectivity index (χ3n) is 4.44. The van der Waals surface area contributed by atoms with E-state index in [0.29, 0.717) is 12.4 Å². The van der Waals surface area contributed by atoms with E-state index >= 15 is 0 Å². The smallest absolute Gasteiger partial charge is 0.259 e. The number of hydrogen-bond donors (Lipinski definition) is 0. The van der Waals surface area contributed by atoms with E-state index in [9.17, 15) is 4.79 Å². The lowest BCUT2D eigenvalue weighted by atomic mass is 10.2. The minimum atomic E-state index is -0.0164. The molecule has 0 aliphatic carbocycles.